The SMILES string of the molecule is CC(C)N(C)C(=O)c1ccc(CNC(=O)/C=C/c2ccc(Cl)nc2)cc1. The summed E-state index contributed by atoms with van der Waals surface area (Å²) in [6.07, 6.45) is 4.71. The Morgan fingerprint density at radius 3 is 2.46 bits per heavy atom. The molecule has 0 bridgehead atoms. The van der Waals surface area contributed by atoms with E-state index in [0.717, 1.165) is 11.1 Å². The van der Waals surface area contributed by atoms with Crippen molar-refractivity contribution in [3.8, 4) is 0 Å². The molecule has 0 radical (unpaired) electrons. The molecule has 136 valence electrons. The number of carbonyl (C=O) groups is 2. The molecule has 2 aromatic rings. The fourth-order valence-electron chi connectivity index (χ4n) is 2.11. The lowest BCUT2D eigenvalue weighted by Crippen LogP contribution is -2.32. The first-order chi connectivity index (χ1) is 12.4. The molecular formula is C20H22ClN3O2. The Hall–Kier alpha value is -2.66. The molecule has 1 N–H and O–H groups in total. The van der Waals surface area contributed by atoms with Crippen LogP contribution in [0.4, 0.5) is 0 Å². The van der Waals surface area contributed by atoms with Gasteiger partial charge in [-0.25, -0.2) is 4.98 Å². The van der Waals surface area contributed by atoms with E-state index in [1.807, 2.05) is 26.0 Å². The minimum absolute atomic E-state index is 0.0184. The van der Waals surface area contributed by atoms with Crippen LogP contribution in [-0.4, -0.2) is 34.8 Å². The maximum Gasteiger partial charge on any atom is 0.253 e. The van der Waals surface area contributed by atoms with Crippen molar-refractivity contribution in [2.75, 3.05) is 7.05 Å². The average Bonchev–Trinajstić information content (AvgIpc) is 2.65. The van der Waals surface area contributed by atoms with E-state index >= 15 is 0 Å². The van der Waals surface area contributed by atoms with Crippen LogP contribution in [0, 0.1) is 0 Å². The number of nitrogens with one attached hydrogen (secondary N) is 1. The van der Waals surface area contributed by atoms with Gasteiger partial charge in [-0.1, -0.05) is 29.8 Å². The van der Waals surface area contributed by atoms with Crippen LogP contribution in [-0.2, 0) is 11.3 Å². The lowest BCUT2D eigenvalue weighted by Gasteiger charge is -2.21. The number of pyridine rings is 1. The second-order valence-corrected chi connectivity index (χ2v) is 6.56. The normalized spacial score (nSPS) is 11.0. The van der Waals surface area contributed by atoms with Gasteiger partial charge in [0.2, 0.25) is 5.91 Å². The van der Waals surface area contributed by atoms with E-state index in [2.05, 4.69) is 10.3 Å². The van der Waals surface area contributed by atoms with Gasteiger partial charge in [0.1, 0.15) is 5.15 Å². The van der Waals surface area contributed by atoms with Gasteiger partial charge in [-0.05, 0) is 49.2 Å². The summed E-state index contributed by atoms with van der Waals surface area (Å²) >= 11 is 5.72. The van der Waals surface area contributed by atoms with E-state index < -0.39 is 0 Å². The van der Waals surface area contributed by atoms with Crippen molar-refractivity contribution in [2.24, 2.45) is 0 Å². The van der Waals surface area contributed by atoms with Crippen molar-refractivity contribution in [1.29, 1.82) is 0 Å². The first-order valence-electron chi connectivity index (χ1n) is 8.30. The standard InChI is InChI=1S/C20H22ClN3O2/c1-14(2)24(3)20(26)17-8-4-15(5-9-17)13-23-19(25)11-7-16-6-10-18(21)22-12-16/h4-12,14H,13H2,1-3H3,(H,23,25)/b11-7+. The number of benzene rings is 1. The van der Waals surface area contributed by atoms with Crippen LogP contribution in [0.5, 0.6) is 0 Å². The zero-order chi connectivity index (χ0) is 19.1. The topological polar surface area (TPSA) is 62.3 Å². The summed E-state index contributed by atoms with van der Waals surface area (Å²) in [4.78, 5) is 29.8. The van der Waals surface area contributed by atoms with Gasteiger partial charge < -0.3 is 10.2 Å². The fraction of sp³-hybridized carbons (Fsp3) is 0.250. The molecule has 0 spiro atoms. The van der Waals surface area contributed by atoms with Crippen LogP contribution in [0.15, 0.2) is 48.7 Å². The number of aromatic nitrogens is 1. The summed E-state index contributed by atoms with van der Waals surface area (Å²) in [6.45, 7) is 4.32. The summed E-state index contributed by atoms with van der Waals surface area (Å²) in [6, 6.07) is 10.8. The van der Waals surface area contributed by atoms with Crippen molar-refractivity contribution >= 4 is 29.5 Å². The van der Waals surface area contributed by atoms with Gasteiger partial charge >= 0.3 is 0 Å². The molecule has 0 aliphatic rings. The molecule has 1 heterocycles. The number of nitrogens with zero attached hydrogens (tertiary/aromatic N) is 2. The van der Waals surface area contributed by atoms with Crippen LogP contribution in [0.25, 0.3) is 6.08 Å². The van der Waals surface area contributed by atoms with Crippen LogP contribution in [0.3, 0.4) is 0 Å². The van der Waals surface area contributed by atoms with Crippen LogP contribution in [0.1, 0.15) is 35.3 Å². The number of rotatable bonds is 6. The third kappa shape index (κ3) is 5.70. The molecule has 2 amide bonds. The Labute approximate surface area is 158 Å². The Balaban J connectivity index is 1.88. The molecule has 5 nitrogen and oxygen atoms in total. The average molecular weight is 372 g/mol. The number of hydrogen-bond donors (Lipinski definition) is 1. The minimum Gasteiger partial charge on any atom is -0.348 e. The van der Waals surface area contributed by atoms with Crippen molar-refractivity contribution < 1.29 is 9.59 Å². The third-order valence-electron chi connectivity index (χ3n) is 3.94. The molecule has 0 saturated carbocycles. The minimum atomic E-state index is -0.209. The second-order valence-electron chi connectivity index (χ2n) is 6.17. The molecule has 0 fully saturated rings. The largest absolute Gasteiger partial charge is 0.348 e. The highest BCUT2D eigenvalue weighted by atomic mass is 35.5. The van der Waals surface area contributed by atoms with Crippen molar-refractivity contribution in [2.45, 2.75) is 26.4 Å². The van der Waals surface area contributed by atoms with Gasteiger partial charge in [-0.15, -0.1) is 0 Å². The monoisotopic (exact) mass is 371 g/mol. The highest BCUT2D eigenvalue weighted by Crippen LogP contribution is 2.09. The quantitative estimate of drug-likeness (QED) is 0.624. The highest BCUT2D eigenvalue weighted by molar-refractivity contribution is 6.29. The molecule has 0 aliphatic carbocycles. The number of carbonyl (C=O) groups excluding carboxylic acids is 2. The second kappa shape index (κ2) is 9.15. The number of halogens is 1. The van der Waals surface area contributed by atoms with Gasteiger partial charge in [-0.3, -0.25) is 9.59 Å². The van der Waals surface area contributed by atoms with E-state index in [9.17, 15) is 9.59 Å². The van der Waals surface area contributed by atoms with Gasteiger partial charge in [0.05, 0.1) is 0 Å². The molecular weight excluding hydrogens is 350 g/mol. The molecule has 1 aromatic heterocycles. The predicted octanol–water partition coefficient (Wildman–Crippen LogP) is 3.55. The number of amides is 2. The number of hydrogen-bond acceptors (Lipinski definition) is 3. The lowest BCUT2D eigenvalue weighted by atomic mass is 10.1. The van der Waals surface area contributed by atoms with E-state index in [1.54, 1.807) is 48.5 Å². The zero-order valence-corrected chi connectivity index (χ0v) is 15.8. The maximum atomic E-state index is 12.2. The third-order valence-corrected chi connectivity index (χ3v) is 4.16. The van der Waals surface area contributed by atoms with Crippen molar-refractivity contribution in [3.63, 3.8) is 0 Å². The van der Waals surface area contributed by atoms with E-state index in [4.69, 9.17) is 11.6 Å². The van der Waals surface area contributed by atoms with Crippen molar-refractivity contribution in [3.05, 3.63) is 70.5 Å². The van der Waals surface area contributed by atoms with Crippen LogP contribution in [0.2, 0.25) is 5.15 Å². The maximum absolute atomic E-state index is 12.2. The lowest BCUT2D eigenvalue weighted by molar-refractivity contribution is -0.116. The molecule has 2 rings (SSSR count). The molecule has 0 aliphatic heterocycles. The zero-order valence-electron chi connectivity index (χ0n) is 15.1. The van der Waals surface area contributed by atoms with Gasteiger partial charge in [0, 0.05) is 37.5 Å². The summed E-state index contributed by atoms with van der Waals surface area (Å²) in [5.41, 5.74) is 2.34. The summed E-state index contributed by atoms with van der Waals surface area (Å²) in [7, 11) is 1.78. The van der Waals surface area contributed by atoms with Crippen LogP contribution < -0.4 is 5.32 Å². The smallest absolute Gasteiger partial charge is 0.253 e. The molecule has 1 aromatic carbocycles. The summed E-state index contributed by atoms with van der Waals surface area (Å²) in [5, 5.41) is 3.21. The van der Waals surface area contributed by atoms with Crippen LogP contribution >= 0.6 is 11.6 Å². The Morgan fingerprint density at radius 2 is 1.88 bits per heavy atom. The Bertz CT molecular complexity index is 784. The fourth-order valence-corrected chi connectivity index (χ4v) is 2.22. The highest BCUT2D eigenvalue weighted by Gasteiger charge is 2.13. The Morgan fingerprint density at radius 1 is 1.19 bits per heavy atom. The van der Waals surface area contributed by atoms with Crippen molar-refractivity contribution in [1.82, 2.24) is 15.2 Å². The van der Waals surface area contributed by atoms with Gasteiger partial charge in [0.25, 0.3) is 5.91 Å². The summed E-state index contributed by atoms with van der Waals surface area (Å²) < 4.78 is 0. The first kappa shape index (κ1) is 19.7. The van der Waals surface area contributed by atoms with E-state index in [0.29, 0.717) is 17.3 Å². The van der Waals surface area contributed by atoms with Gasteiger partial charge in [-0.2, -0.15) is 0 Å². The molecule has 0 atom stereocenters. The van der Waals surface area contributed by atoms with Gasteiger partial charge in [0.15, 0.2) is 0 Å². The van der Waals surface area contributed by atoms with E-state index in [1.165, 1.54) is 6.08 Å². The molecule has 6 heteroatoms. The first-order valence-corrected chi connectivity index (χ1v) is 8.68. The summed E-state index contributed by atoms with van der Waals surface area (Å²) in [5.74, 6) is -0.227. The van der Waals surface area contributed by atoms with E-state index in [-0.39, 0.29) is 17.9 Å². The molecule has 26 heavy (non-hydrogen) atoms. The predicted molar refractivity (Wildman–Crippen MR) is 104 cm³/mol. The molecule has 0 unspecified atom stereocenters. The molecule has 0 saturated heterocycles. The Kier molecular flexibility index (Phi) is 6.92.